The number of nitrogens with one attached hydrogen (secondary N) is 4. The number of aliphatic carboxylic acids is 1. The van der Waals surface area contributed by atoms with Gasteiger partial charge in [-0.2, -0.15) is 0 Å². The van der Waals surface area contributed by atoms with E-state index in [-0.39, 0.29) is 25.3 Å². The number of amides is 3. The van der Waals surface area contributed by atoms with Crippen molar-refractivity contribution < 1.29 is 29.4 Å². The van der Waals surface area contributed by atoms with Gasteiger partial charge in [0, 0.05) is 24.9 Å². The molecule has 15 nitrogen and oxygen atoms in total. The van der Waals surface area contributed by atoms with Crippen LogP contribution >= 0.6 is 0 Å². The number of H-pyrrole nitrogens is 1. The van der Waals surface area contributed by atoms with Crippen LogP contribution in [0.1, 0.15) is 25.5 Å². The molecule has 4 unspecified atom stereocenters. The summed E-state index contributed by atoms with van der Waals surface area (Å²) in [7, 11) is 0. The molecular formula is C18H31N9O6. The van der Waals surface area contributed by atoms with Crippen molar-refractivity contribution in [2.24, 2.45) is 22.2 Å². The second kappa shape index (κ2) is 13.6. The standard InChI is InChI=1S/C18H31N9O6/c1-9(17(32)33)25-15(30)12(3-2-4-23-18(20)21)26-16(31)13(5-10-6-22-8-24-10)27-14(29)11(19)7-28/h6,8-9,11-13,28H,2-5,7,19H2,1H3,(H,22,24)(H,25,30)(H,26,31)(H,27,29)(H,32,33)(H4,20,21,23). The van der Waals surface area contributed by atoms with Crippen molar-refractivity contribution in [3.05, 3.63) is 18.2 Å². The number of rotatable bonds is 14. The fraction of sp³-hybridized carbons (Fsp3) is 0.556. The second-order valence-electron chi connectivity index (χ2n) is 7.21. The molecule has 0 bridgehead atoms. The lowest BCUT2D eigenvalue weighted by atomic mass is 10.1. The summed E-state index contributed by atoms with van der Waals surface area (Å²) in [5.74, 6) is -3.63. The van der Waals surface area contributed by atoms with E-state index in [2.05, 4.69) is 30.9 Å². The first-order valence-corrected chi connectivity index (χ1v) is 10.1. The van der Waals surface area contributed by atoms with Crippen molar-refractivity contribution in [3.8, 4) is 0 Å². The van der Waals surface area contributed by atoms with E-state index < -0.39 is 54.5 Å². The number of aliphatic hydroxyl groups is 1. The molecule has 0 saturated heterocycles. The molecule has 1 aromatic heterocycles. The molecular weight excluding hydrogens is 438 g/mol. The summed E-state index contributed by atoms with van der Waals surface area (Å²) >= 11 is 0. The number of aromatic amines is 1. The van der Waals surface area contributed by atoms with Gasteiger partial charge in [0.25, 0.3) is 0 Å². The lowest BCUT2D eigenvalue weighted by Crippen LogP contribution is -2.57. The molecule has 1 aromatic rings. The van der Waals surface area contributed by atoms with E-state index in [1.165, 1.54) is 19.4 Å². The SMILES string of the molecule is CC(NC(=O)C(CCCN=C(N)N)NC(=O)C(Cc1cnc[nH]1)NC(=O)C(N)CO)C(=O)O. The summed E-state index contributed by atoms with van der Waals surface area (Å²) in [5.41, 5.74) is 16.6. The van der Waals surface area contributed by atoms with Crippen LogP contribution < -0.4 is 33.2 Å². The van der Waals surface area contributed by atoms with Gasteiger partial charge >= 0.3 is 5.97 Å². The third-order valence-electron chi connectivity index (χ3n) is 4.45. The molecule has 33 heavy (non-hydrogen) atoms. The molecule has 3 amide bonds. The Morgan fingerprint density at radius 1 is 1.12 bits per heavy atom. The van der Waals surface area contributed by atoms with Crippen LogP contribution in [0.2, 0.25) is 0 Å². The number of imidazole rings is 1. The Labute approximate surface area is 189 Å². The number of carbonyl (C=O) groups is 4. The van der Waals surface area contributed by atoms with Gasteiger partial charge in [-0.05, 0) is 19.8 Å². The van der Waals surface area contributed by atoms with E-state index in [0.717, 1.165) is 0 Å². The Hall–Kier alpha value is -3.72. The third-order valence-corrected chi connectivity index (χ3v) is 4.45. The van der Waals surface area contributed by atoms with Gasteiger partial charge in [-0.3, -0.25) is 24.2 Å². The van der Waals surface area contributed by atoms with Gasteiger partial charge in [0.1, 0.15) is 24.2 Å². The highest BCUT2D eigenvalue weighted by atomic mass is 16.4. The number of nitrogens with two attached hydrogens (primary N) is 3. The normalized spacial score (nSPS) is 14.3. The van der Waals surface area contributed by atoms with Crippen molar-refractivity contribution in [1.82, 2.24) is 25.9 Å². The second-order valence-corrected chi connectivity index (χ2v) is 7.21. The fourth-order valence-electron chi connectivity index (χ4n) is 2.61. The molecule has 0 aliphatic heterocycles. The quantitative estimate of drug-likeness (QED) is 0.0721. The lowest BCUT2D eigenvalue weighted by molar-refractivity contribution is -0.141. The van der Waals surface area contributed by atoms with Crippen LogP contribution in [0.5, 0.6) is 0 Å². The molecule has 0 aromatic carbocycles. The Morgan fingerprint density at radius 2 is 1.76 bits per heavy atom. The van der Waals surface area contributed by atoms with Crippen LogP contribution in [-0.4, -0.2) is 87.2 Å². The van der Waals surface area contributed by atoms with E-state index in [1.807, 2.05) is 0 Å². The molecule has 0 spiro atoms. The molecule has 1 heterocycles. The highest BCUT2D eigenvalue weighted by Crippen LogP contribution is 2.04. The van der Waals surface area contributed by atoms with E-state index in [4.69, 9.17) is 27.4 Å². The van der Waals surface area contributed by atoms with Gasteiger partial charge in [-0.15, -0.1) is 0 Å². The minimum Gasteiger partial charge on any atom is -0.480 e. The minimum atomic E-state index is -1.25. The molecule has 15 heteroatoms. The third kappa shape index (κ3) is 9.96. The Kier molecular flexibility index (Phi) is 11.3. The van der Waals surface area contributed by atoms with E-state index in [1.54, 1.807) is 0 Å². The van der Waals surface area contributed by atoms with Gasteiger partial charge in [-0.1, -0.05) is 0 Å². The zero-order chi connectivity index (χ0) is 25.0. The van der Waals surface area contributed by atoms with Crippen molar-refractivity contribution in [3.63, 3.8) is 0 Å². The average molecular weight is 470 g/mol. The zero-order valence-electron chi connectivity index (χ0n) is 18.2. The van der Waals surface area contributed by atoms with Crippen LogP contribution in [0.4, 0.5) is 0 Å². The predicted molar refractivity (Wildman–Crippen MR) is 116 cm³/mol. The Morgan fingerprint density at radius 3 is 2.30 bits per heavy atom. The highest BCUT2D eigenvalue weighted by Gasteiger charge is 2.29. The van der Waals surface area contributed by atoms with Gasteiger partial charge in [-0.25, -0.2) is 4.98 Å². The molecule has 0 fully saturated rings. The number of carboxylic acid groups (broad SMARTS) is 1. The van der Waals surface area contributed by atoms with Crippen molar-refractivity contribution in [2.45, 2.75) is 50.4 Å². The van der Waals surface area contributed by atoms with Gasteiger partial charge < -0.3 is 48.3 Å². The highest BCUT2D eigenvalue weighted by molar-refractivity contribution is 5.94. The maximum atomic E-state index is 13.0. The molecule has 4 atom stereocenters. The predicted octanol–water partition coefficient (Wildman–Crippen LogP) is -4.12. The first kappa shape index (κ1) is 27.3. The van der Waals surface area contributed by atoms with Gasteiger partial charge in [0.05, 0.1) is 12.9 Å². The van der Waals surface area contributed by atoms with Crippen molar-refractivity contribution in [2.75, 3.05) is 13.2 Å². The molecule has 0 radical (unpaired) electrons. The summed E-state index contributed by atoms with van der Waals surface area (Å²) < 4.78 is 0. The lowest BCUT2D eigenvalue weighted by Gasteiger charge is -2.24. The monoisotopic (exact) mass is 469 g/mol. The van der Waals surface area contributed by atoms with Crippen molar-refractivity contribution >= 4 is 29.7 Å². The molecule has 0 saturated carbocycles. The number of carbonyl (C=O) groups excluding carboxylic acids is 3. The van der Waals surface area contributed by atoms with Crippen LogP contribution in [-0.2, 0) is 25.6 Å². The largest absolute Gasteiger partial charge is 0.480 e. The summed E-state index contributed by atoms with van der Waals surface area (Å²) in [4.78, 5) is 59.3. The smallest absolute Gasteiger partial charge is 0.325 e. The van der Waals surface area contributed by atoms with Crippen LogP contribution in [0.15, 0.2) is 17.5 Å². The zero-order valence-corrected chi connectivity index (χ0v) is 18.2. The molecule has 1 rings (SSSR count). The number of hydrogen-bond donors (Lipinski definition) is 9. The number of hydrogen-bond acceptors (Lipinski definition) is 8. The van der Waals surface area contributed by atoms with Crippen LogP contribution in [0, 0.1) is 0 Å². The number of guanidine groups is 1. The van der Waals surface area contributed by atoms with Crippen LogP contribution in [0.25, 0.3) is 0 Å². The summed E-state index contributed by atoms with van der Waals surface area (Å²) in [6, 6.07) is -4.75. The van der Waals surface area contributed by atoms with E-state index >= 15 is 0 Å². The summed E-state index contributed by atoms with van der Waals surface area (Å²) in [6.45, 7) is 0.819. The Bertz CT molecular complexity index is 825. The topological polar surface area (TPSA) is 264 Å². The van der Waals surface area contributed by atoms with Crippen molar-refractivity contribution in [1.29, 1.82) is 0 Å². The van der Waals surface area contributed by atoms with Gasteiger partial charge in [0.15, 0.2) is 5.96 Å². The number of carboxylic acids is 1. The van der Waals surface area contributed by atoms with E-state index in [9.17, 15) is 19.2 Å². The Balaban J connectivity index is 2.99. The fourth-order valence-corrected chi connectivity index (χ4v) is 2.61. The average Bonchev–Trinajstić information content (AvgIpc) is 3.27. The maximum Gasteiger partial charge on any atom is 0.325 e. The minimum absolute atomic E-state index is 0.0103. The molecule has 12 N–H and O–H groups in total. The first-order valence-electron chi connectivity index (χ1n) is 10.1. The summed E-state index contributed by atoms with van der Waals surface area (Å²) in [6.07, 6.45) is 3.21. The van der Waals surface area contributed by atoms with E-state index in [0.29, 0.717) is 12.1 Å². The maximum absolute atomic E-state index is 13.0. The number of nitrogens with zero attached hydrogens (tertiary/aromatic N) is 2. The number of aliphatic hydroxyl groups excluding tert-OH is 1. The van der Waals surface area contributed by atoms with Crippen LogP contribution in [0.3, 0.4) is 0 Å². The molecule has 0 aliphatic carbocycles. The summed E-state index contributed by atoms with van der Waals surface area (Å²) in [5, 5.41) is 25.4. The number of aromatic nitrogens is 2. The number of aliphatic imine (C=N–C) groups is 1. The van der Waals surface area contributed by atoms with Gasteiger partial charge in [0.2, 0.25) is 17.7 Å². The molecule has 184 valence electrons. The molecule has 0 aliphatic rings. The first-order chi connectivity index (χ1) is 15.5.